The number of fused-ring (bicyclic) bond motifs is 1. The maximum atomic E-state index is 9.57. The SMILES string of the molecule is CC(Nc1ncnc(N)c1C#N)c1cc(-c2ccccn2)c2cccc(C#N)c2n1. The third kappa shape index (κ3) is 3.34. The van der Waals surface area contributed by atoms with Crippen molar-refractivity contribution in [3.05, 3.63) is 71.8 Å². The quantitative estimate of drug-likeness (QED) is 0.537. The molecule has 30 heavy (non-hydrogen) atoms. The summed E-state index contributed by atoms with van der Waals surface area (Å²) in [5.41, 5.74) is 9.34. The zero-order valence-corrected chi connectivity index (χ0v) is 16.0. The Bertz CT molecular complexity index is 1320. The zero-order valence-electron chi connectivity index (χ0n) is 16.0. The van der Waals surface area contributed by atoms with Gasteiger partial charge in [0, 0.05) is 17.1 Å². The number of rotatable bonds is 4. The number of nitriles is 2. The molecule has 0 aliphatic heterocycles. The fraction of sp³-hybridized carbons (Fsp3) is 0.0909. The number of nitrogens with two attached hydrogens (primary N) is 1. The highest BCUT2D eigenvalue weighted by atomic mass is 15.1. The molecule has 8 nitrogen and oxygen atoms in total. The van der Waals surface area contributed by atoms with Crippen molar-refractivity contribution in [1.29, 1.82) is 10.5 Å². The van der Waals surface area contributed by atoms with Gasteiger partial charge in [-0.25, -0.2) is 15.0 Å². The largest absolute Gasteiger partial charge is 0.382 e. The van der Waals surface area contributed by atoms with Crippen LogP contribution in [-0.4, -0.2) is 19.9 Å². The molecule has 4 rings (SSSR count). The van der Waals surface area contributed by atoms with Crippen LogP contribution in [0.1, 0.15) is 29.8 Å². The monoisotopic (exact) mass is 392 g/mol. The molecule has 1 unspecified atom stereocenters. The summed E-state index contributed by atoms with van der Waals surface area (Å²) in [4.78, 5) is 17.2. The normalized spacial score (nSPS) is 11.4. The Balaban J connectivity index is 1.87. The molecule has 8 heteroatoms. The van der Waals surface area contributed by atoms with E-state index in [1.165, 1.54) is 6.33 Å². The minimum absolute atomic E-state index is 0.106. The van der Waals surface area contributed by atoms with E-state index in [1.54, 1.807) is 12.3 Å². The summed E-state index contributed by atoms with van der Waals surface area (Å²) in [5, 5.41) is 23.0. The van der Waals surface area contributed by atoms with Gasteiger partial charge in [0.2, 0.25) is 0 Å². The van der Waals surface area contributed by atoms with E-state index in [0.717, 1.165) is 16.6 Å². The second-order valence-electron chi connectivity index (χ2n) is 6.58. The number of pyridine rings is 2. The number of hydrogen-bond acceptors (Lipinski definition) is 8. The molecule has 0 saturated heterocycles. The summed E-state index contributed by atoms with van der Waals surface area (Å²) in [6.07, 6.45) is 3.02. The van der Waals surface area contributed by atoms with Gasteiger partial charge < -0.3 is 11.1 Å². The first kappa shape index (κ1) is 18.8. The molecule has 4 aromatic rings. The summed E-state index contributed by atoms with van der Waals surface area (Å²) >= 11 is 0. The molecule has 0 radical (unpaired) electrons. The minimum Gasteiger partial charge on any atom is -0.382 e. The highest BCUT2D eigenvalue weighted by Crippen LogP contribution is 2.31. The number of benzene rings is 1. The summed E-state index contributed by atoms with van der Waals surface area (Å²) in [7, 11) is 0. The molecule has 0 aliphatic carbocycles. The van der Waals surface area contributed by atoms with E-state index in [0.29, 0.717) is 22.6 Å². The number of nitrogens with zero attached hydrogens (tertiary/aromatic N) is 6. The number of nitrogen functional groups attached to an aromatic ring is 1. The third-order valence-corrected chi connectivity index (χ3v) is 4.71. The van der Waals surface area contributed by atoms with Crippen molar-refractivity contribution < 1.29 is 0 Å². The maximum Gasteiger partial charge on any atom is 0.150 e. The van der Waals surface area contributed by atoms with Crippen LogP contribution in [0.15, 0.2) is 55.0 Å². The van der Waals surface area contributed by atoms with Crippen LogP contribution in [0.3, 0.4) is 0 Å². The Morgan fingerprint density at radius 3 is 2.63 bits per heavy atom. The Morgan fingerprint density at radius 1 is 1.03 bits per heavy atom. The van der Waals surface area contributed by atoms with E-state index in [1.807, 2.05) is 49.4 Å². The van der Waals surface area contributed by atoms with E-state index in [4.69, 9.17) is 10.7 Å². The van der Waals surface area contributed by atoms with Crippen molar-refractivity contribution in [3.8, 4) is 23.4 Å². The van der Waals surface area contributed by atoms with Crippen molar-refractivity contribution in [2.75, 3.05) is 11.1 Å². The molecule has 144 valence electrons. The first-order valence-electron chi connectivity index (χ1n) is 9.14. The highest BCUT2D eigenvalue weighted by Gasteiger charge is 2.17. The molecule has 3 aromatic heterocycles. The molecular weight excluding hydrogens is 376 g/mol. The van der Waals surface area contributed by atoms with Crippen molar-refractivity contribution in [1.82, 2.24) is 19.9 Å². The molecular formula is C22H16N8. The van der Waals surface area contributed by atoms with Crippen LogP contribution in [0.4, 0.5) is 11.6 Å². The van der Waals surface area contributed by atoms with Gasteiger partial charge in [0.05, 0.1) is 28.5 Å². The number of anilines is 2. The van der Waals surface area contributed by atoms with Gasteiger partial charge in [0.15, 0.2) is 0 Å². The van der Waals surface area contributed by atoms with E-state index < -0.39 is 0 Å². The Hall–Kier alpha value is -4.56. The molecule has 0 bridgehead atoms. The fourth-order valence-electron chi connectivity index (χ4n) is 3.21. The molecule has 0 aliphatic rings. The smallest absolute Gasteiger partial charge is 0.150 e. The van der Waals surface area contributed by atoms with E-state index >= 15 is 0 Å². The number of nitrogens with one attached hydrogen (secondary N) is 1. The lowest BCUT2D eigenvalue weighted by Crippen LogP contribution is -2.13. The lowest BCUT2D eigenvalue weighted by Gasteiger charge is -2.18. The average Bonchev–Trinajstić information content (AvgIpc) is 2.78. The van der Waals surface area contributed by atoms with Crippen LogP contribution in [0, 0.1) is 22.7 Å². The Labute approximate surface area is 172 Å². The second-order valence-corrected chi connectivity index (χ2v) is 6.58. The predicted octanol–water partition coefficient (Wildman–Crippen LogP) is 3.59. The number of aromatic nitrogens is 4. The van der Waals surface area contributed by atoms with Crippen LogP contribution in [0.25, 0.3) is 22.2 Å². The lowest BCUT2D eigenvalue weighted by atomic mass is 10.00. The number of hydrogen-bond donors (Lipinski definition) is 2. The van der Waals surface area contributed by atoms with Gasteiger partial charge in [-0.2, -0.15) is 10.5 Å². The maximum absolute atomic E-state index is 9.57. The average molecular weight is 392 g/mol. The highest BCUT2D eigenvalue weighted by molar-refractivity contribution is 5.96. The first-order valence-corrected chi connectivity index (χ1v) is 9.14. The van der Waals surface area contributed by atoms with Crippen LogP contribution in [0.2, 0.25) is 0 Å². The predicted molar refractivity (Wildman–Crippen MR) is 113 cm³/mol. The van der Waals surface area contributed by atoms with Crippen LogP contribution in [-0.2, 0) is 0 Å². The molecule has 3 heterocycles. The lowest BCUT2D eigenvalue weighted by molar-refractivity contribution is 0.836. The van der Waals surface area contributed by atoms with Gasteiger partial charge >= 0.3 is 0 Å². The molecule has 1 aromatic carbocycles. The van der Waals surface area contributed by atoms with Gasteiger partial charge in [0.25, 0.3) is 0 Å². The number of para-hydroxylation sites is 1. The summed E-state index contributed by atoms with van der Waals surface area (Å²) in [5.74, 6) is 0.432. The van der Waals surface area contributed by atoms with E-state index in [-0.39, 0.29) is 17.4 Å². The third-order valence-electron chi connectivity index (χ3n) is 4.71. The van der Waals surface area contributed by atoms with Crippen molar-refractivity contribution >= 4 is 22.5 Å². The standard InChI is InChI=1S/C22H16N8/c1-13(29-22-17(11-24)21(25)27-12-28-22)19-9-16(18-7-2-3-8-26-18)15-6-4-5-14(10-23)20(15)30-19/h2-9,12-13H,1H3,(H3,25,27,28,29). The van der Waals surface area contributed by atoms with Crippen LogP contribution in [0.5, 0.6) is 0 Å². The van der Waals surface area contributed by atoms with Crippen LogP contribution < -0.4 is 11.1 Å². The van der Waals surface area contributed by atoms with Gasteiger partial charge in [-0.05, 0) is 31.2 Å². The summed E-state index contributed by atoms with van der Waals surface area (Å²) in [6, 6.07) is 17.0. The first-order chi connectivity index (χ1) is 14.6. The molecule has 3 N–H and O–H groups in total. The van der Waals surface area contributed by atoms with Crippen molar-refractivity contribution in [3.63, 3.8) is 0 Å². The molecule has 0 amide bonds. The summed E-state index contributed by atoms with van der Waals surface area (Å²) < 4.78 is 0. The summed E-state index contributed by atoms with van der Waals surface area (Å²) in [6.45, 7) is 1.89. The molecule has 0 spiro atoms. The zero-order chi connectivity index (χ0) is 21.1. The van der Waals surface area contributed by atoms with E-state index in [2.05, 4.69) is 26.3 Å². The van der Waals surface area contributed by atoms with Crippen LogP contribution >= 0.6 is 0 Å². The Morgan fingerprint density at radius 2 is 1.90 bits per heavy atom. The molecule has 0 fully saturated rings. The van der Waals surface area contributed by atoms with E-state index in [9.17, 15) is 10.5 Å². The van der Waals surface area contributed by atoms with Gasteiger partial charge in [-0.3, -0.25) is 4.98 Å². The minimum atomic E-state index is -0.329. The van der Waals surface area contributed by atoms with Crippen molar-refractivity contribution in [2.45, 2.75) is 13.0 Å². The van der Waals surface area contributed by atoms with Gasteiger partial charge in [-0.1, -0.05) is 18.2 Å². The van der Waals surface area contributed by atoms with Gasteiger partial charge in [-0.15, -0.1) is 0 Å². The topological polar surface area (TPSA) is 137 Å². The molecule has 0 saturated carbocycles. The fourth-order valence-corrected chi connectivity index (χ4v) is 3.21. The Kier molecular flexibility index (Phi) is 4.90. The molecule has 1 atom stereocenters. The second kappa shape index (κ2) is 7.82. The van der Waals surface area contributed by atoms with Crippen molar-refractivity contribution in [2.24, 2.45) is 0 Å². The van der Waals surface area contributed by atoms with Gasteiger partial charge in [0.1, 0.15) is 35.7 Å².